The van der Waals surface area contributed by atoms with E-state index in [2.05, 4.69) is 65.8 Å². The molecule has 0 bridgehead atoms. The fraction of sp³-hybridized carbons (Fsp3) is 0.333. The van der Waals surface area contributed by atoms with Gasteiger partial charge < -0.3 is 10.3 Å². The average Bonchev–Trinajstić information content (AvgIpc) is 2.95. The van der Waals surface area contributed by atoms with Crippen molar-refractivity contribution in [2.75, 3.05) is 6.54 Å². The van der Waals surface area contributed by atoms with Crippen LogP contribution in [0, 0.1) is 6.92 Å². The molecule has 0 saturated carbocycles. The highest BCUT2D eigenvalue weighted by atomic mass is 14.9. The van der Waals surface area contributed by atoms with Crippen LogP contribution in [0.25, 0.3) is 10.9 Å². The topological polar surface area (TPSA) is 27.8 Å². The van der Waals surface area contributed by atoms with Crippen LogP contribution in [0.2, 0.25) is 0 Å². The molecule has 0 spiro atoms. The standard InChI is InChI=1S/C21H24N2/c1-15-10-11-19-18(14-15)17-8-5-9-20(21(17)23-19)22-13-12-16-6-3-2-4-7-16/h2-4,6-7,10-11,14,20,22-23H,5,8-9,12-13H2,1H3/t20-/m1/s1. The summed E-state index contributed by atoms with van der Waals surface area (Å²) in [6, 6.07) is 18.0. The lowest BCUT2D eigenvalue weighted by Gasteiger charge is -2.24. The summed E-state index contributed by atoms with van der Waals surface area (Å²) in [4.78, 5) is 3.68. The van der Waals surface area contributed by atoms with Gasteiger partial charge in [-0.3, -0.25) is 0 Å². The van der Waals surface area contributed by atoms with Crippen molar-refractivity contribution >= 4 is 10.9 Å². The maximum Gasteiger partial charge on any atom is 0.0476 e. The van der Waals surface area contributed by atoms with Crippen molar-refractivity contribution in [1.82, 2.24) is 10.3 Å². The van der Waals surface area contributed by atoms with Crippen LogP contribution in [0.3, 0.4) is 0 Å². The Labute approximate surface area is 137 Å². The fourth-order valence-electron chi connectivity index (χ4n) is 3.82. The molecule has 23 heavy (non-hydrogen) atoms. The molecule has 2 N–H and O–H groups in total. The number of rotatable bonds is 4. The van der Waals surface area contributed by atoms with Crippen molar-refractivity contribution in [2.45, 2.75) is 38.6 Å². The SMILES string of the molecule is Cc1ccc2[nH]c3c(c2c1)CCC[C@H]3NCCc1ccccc1. The second kappa shape index (κ2) is 6.21. The quantitative estimate of drug-likeness (QED) is 0.719. The van der Waals surface area contributed by atoms with Crippen LogP contribution in [0.1, 0.15) is 41.3 Å². The lowest BCUT2D eigenvalue weighted by atomic mass is 9.91. The number of H-pyrrole nitrogens is 1. The van der Waals surface area contributed by atoms with E-state index in [-0.39, 0.29) is 0 Å². The number of aromatic nitrogens is 1. The van der Waals surface area contributed by atoms with Crippen molar-refractivity contribution < 1.29 is 0 Å². The maximum atomic E-state index is 3.77. The Bertz CT molecular complexity index is 801. The van der Waals surface area contributed by atoms with Crippen LogP contribution >= 0.6 is 0 Å². The monoisotopic (exact) mass is 304 g/mol. The summed E-state index contributed by atoms with van der Waals surface area (Å²) in [6.07, 6.45) is 4.80. The van der Waals surface area contributed by atoms with Gasteiger partial charge in [0, 0.05) is 22.6 Å². The first-order chi connectivity index (χ1) is 11.3. The summed E-state index contributed by atoms with van der Waals surface area (Å²) in [7, 11) is 0. The summed E-state index contributed by atoms with van der Waals surface area (Å²) >= 11 is 0. The van der Waals surface area contributed by atoms with E-state index in [1.165, 1.54) is 52.5 Å². The molecule has 1 atom stereocenters. The minimum absolute atomic E-state index is 0.468. The van der Waals surface area contributed by atoms with Gasteiger partial charge in [0.2, 0.25) is 0 Å². The molecule has 2 heteroatoms. The van der Waals surface area contributed by atoms with Gasteiger partial charge in [0.1, 0.15) is 0 Å². The Kier molecular flexibility index (Phi) is 3.92. The lowest BCUT2D eigenvalue weighted by Crippen LogP contribution is -2.27. The number of nitrogens with one attached hydrogen (secondary N) is 2. The molecule has 4 rings (SSSR count). The van der Waals surface area contributed by atoms with E-state index in [0.717, 1.165) is 13.0 Å². The Morgan fingerprint density at radius 2 is 2.00 bits per heavy atom. The predicted molar refractivity (Wildman–Crippen MR) is 96.9 cm³/mol. The van der Waals surface area contributed by atoms with Crippen molar-refractivity contribution in [3.8, 4) is 0 Å². The zero-order valence-corrected chi connectivity index (χ0v) is 13.7. The zero-order valence-electron chi connectivity index (χ0n) is 13.7. The van der Waals surface area contributed by atoms with Gasteiger partial charge in [-0.15, -0.1) is 0 Å². The minimum Gasteiger partial charge on any atom is -0.357 e. The van der Waals surface area contributed by atoms with Crippen LogP contribution in [0.15, 0.2) is 48.5 Å². The van der Waals surface area contributed by atoms with Gasteiger partial charge in [-0.05, 0) is 62.4 Å². The van der Waals surface area contributed by atoms with Crippen molar-refractivity contribution in [3.63, 3.8) is 0 Å². The molecule has 0 saturated heterocycles. The fourth-order valence-corrected chi connectivity index (χ4v) is 3.82. The van der Waals surface area contributed by atoms with Gasteiger partial charge in [-0.2, -0.15) is 0 Å². The summed E-state index contributed by atoms with van der Waals surface area (Å²) < 4.78 is 0. The van der Waals surface area contributed by atoms with Crippen molar-refractivity contribution in [2.24, 2.45) is 0 Å². The minimum atomic E-state index is 0.468. The number of fused-ring (bicyclic) bond motifs is 3. The Morgan fingerprint density at radius 3 is 2.87 bits per heavy atom. The number of aromatic amines is 1. The molecule has 2 aromatic carbocycles. The van der Waals surface area contributed by atoms with E-state index in [4.69, 9.17) is 0 Å². The summed E-state index contributed by atoms with van der Waals surface area (Å²) in [5.74, 6) is 0. The number of hydrogen-bond acceptors (Lipinski definition) is 1. The van der Waals surface area contributed by atoms with Crippen LogP contribution in [-0.4, -0.2) is 11.5 Å². The van der Waals surface area contributed by atoms with Gasteiger partial charge in [-0.25, -0.2) is 0 Å². The Hall–Kier alpha value is -2.06. The first-order valence-corrected chi connectivity index (χ1v) is 8.69. The molecule has 3 aromatic rings. The Balaban J connectivity index is 1.52. The van der Waals surface area contributed by atoms with Crippen LogP contribution in [0.4, 0.5) is 0 Å². The second-order valence-electron chi connectivity index (χ2n) is 6.70. The molecule has 2 nitrogen and oxygen atoms in total. The molecule has 0 unspecified atom stereocenters. The first-order valence-electron chi connectivity index (χ1n) is 8.69. The van der Waals surface area contributed by atoms with Crippen molar-refractivity contribution in [1.29, 1.82) is 0 Å². The smallest absolute Gasteiger partial charge is 0.0476 e. The third kappa shape index (κ3) is 2.91. The third-order valence-corrected chi connectivity index (χ3v) is 5.01. The van der Waals surface area contributed by atoms with Gasteiger partial charge in [0.05, 0.1) is 0 Å². The lowest BCUT2D eigenvalue weighted by molar-refractivity contribution is 0.456. The Morgan fingerprint density at radius 1 is 1.13 bits per heavy atom. The molecule has 1 heterocycles. The van der Waals surface area contributed by atoms with E-state index in [1.54, 1.807) is 0 Å². The molecule has 0 fully saturated rings. The van der Waals surface area contributed by atoms with Gasteiger partial charge in [-0.1, -0.05) is 42.0 Å². The van der Waals surface area contributed by atoms with Crippen LogP contribution in [0.5, 0.6) is 0 Å². The van der Waals surface area contributed by atoms with E-state index in [9.17, 15) is 0 Å². The molecule has 0 aliphatic heterocycles. The average molecular weight is 304 g/mol. The van der Waals surface area contributed by atoms with Gasteiger partial charge >= 0.3 is 0 Å². The van der Waals surface area contributed by atoms with Crippen molar-refractivity contribution in [3.05, 3.63) is 70.9 Å². The number of aryl methyl sites for hydroxylation is 2. The molecule has 118 valence electrons. The normalized spacial score (nSPS) is 17.3. The highest BCUT2D eigenvalue weighted by Gasteiger charge is 2.23. The molecule has 0 radical (unpaired) electrons. The highest BCUT2D eigenvalue weighted by Crippen LogP contribution is 2.35. The molecular formula is C21H24N2. The summed E-state index contributed by atoms with van der Waals surface area (Å²) in [5.41, 5.74) is 7.00. The van der Waals surface area contributed by atoms with E-state index in [0.29, 0.717) is 6.04 Å². The van der Waals surface area contributed by atoms with Crippen LogP contribution < -0.4 is 5.32 Å². The van der Waals surface area contributed by atoms with Gasteiger partial charge in [0.15, 0.2) is 0 Å². The number of benzene rings is 2. The van der Waals surface area contributed by atoms with E-state index < -0.39 is 0 Å². The largest absolute Gasteiger partial charge is 0.357 e. The first kappa shape index (κ1) is 14.5. The molecule has 1 aliphatic rings. The van der Waals surface area contributed by atoms with E-state index in [1.807, 2.05) is 0 Å². The maximum absolute atomic E-state index is 3.77. The molecular weight excluding hydrogens is 280 g/mol. The molecule has 1 aromatic heterocycles. The van der Waals surface area contributed by atoms with Crippen LogP contribution in [-0.2, 0) is 12.8 Å². The molecule has 1 aliphatic carbocycles. The predicted octanol–water partition coefficient (Wildman–Crippen LogP) is 4.69. The second-order valence-corrected chi connectivity index (χ2v) is 6.70. The highest BCUT2D eigenvalue weighted by molar-refractivity contribution is 5.85. The zero-order chi connectivity index (χ0) is 15.6. The summed E-state index contributed by atoms with van der Waals surface area (Å²) in [5, 5.41) is 5.20. The number of hydrogen-bond donors (Lipinski definition) is 2. The van der Waals surface area contributed by atoms with Gasteiger partial charge in [0.25, 0.3) is 0 Å². The molecule has 0 amide bonds. The summed E-state index contributed by atoms with van der Waals surface area (Å²) in [6.45, 7) is 3.21. The third-order valence-electron chi connectivity index (χ3n) is 5.01. The van der Waals surface area contributed by atoms with E-state index >= 15 is 0 Å².